The summed E-state index contributed by atoms with van der Waals surface area (Å²) in [7, 11) is -3.68. The van der Waals surface area contributed by atoms with Crippen LogP contribution in [0.1, 0.15) is 5.56 Å². The number of rotatable bonds is 4. The van der Waals surface area contributed by atoms with Crippen LogP contribution in [0.4, 0.5) is 4.39 Å². The monoisotopic (exact) mass is 402 g/mol. The van der Waals surface area contributed by atoms with Crippen LogP contribution in [0, 0.1) is 5.82 Å². The molecule has 0 radical (unpaired) electrons. The smallest absolute Gasteiger partial charge is 0.244 e. The van der Waals surface area contributed by atoms with Gasteiger partial charge in [-0.2, -0.15) is 4.31 Å². The fraction of sp³-hybridized carbons (Fsp3) is 0.294. The average molecular weight is 403 g/mol. The first-order chi connectivity index (χ1) is 11.9. The summed E-state index contributed by atoms with van der Waals surface area (Å²) in [5.41, 5.74) is 0.996. The molecule has 1 aliphatic heterocycles. The topological polar surface area (TPSA) is 40.6 Å². The van der Waals surface area contributed by atoms with Gasteiger partial charge in [0.05, 0.1) is 5.02 Å². The maximum absolute atomic E-state index is 13.0. The van der Waals surface area contributed by atoms with E-state index in [-0.39, 0.29) is 15.7 Å². The zero-order valence-electron chi connectivity index (χ0n) is 13.3. The van der Waals surface area contributed by atoms with Crippen molar-refractivity contribution in [2.24, 2.45) is 0 Å². The molecule has 0 atom stereocenters. The lowest BCUT2D eigenvalue weighted by Crippen LogP contribution is -2.48. The molecule has 0 N–H and O–H groups in total. The van der Waals surface area contributed by atoms with Gasteiger partial charge in [-0.15, -0.1) is 0 Å². The van der Waals surface area contributed by atoms with Crippen molar-refractivity contribution in [2.45, 2.75) is 11.4 Å². The van der Waals surface area contributed by atoms with E-state index in [1.165, 1.54) is 28.6 Å². The summed E-state index contributed by atoms with van der Waals surface area (Å²) in [4.78, 5) is 2.17. The van der Waals surface area contributed by atoms with Crippen LogP contribution in [0.25, 0.3) is 0 Å². The molecule has 134 valence electrons. The Morgan fingerprint density at radius 3 is 2.24 bits per heavy atom. The highest BCUT2D eigenvalue weighted by molar-refractivity contribution is 7.89. The van der Waals surface area contributed by atoms with Crippen LogP contribution in [0.3, 0.4) is 0 Å². The van der Waals surface area contributed by atoms with E-state index in [1.807, 2.05) is 0 Å². The minimum Gasteiger partial charge on any atom is -0.296 e. The van der Waals surface area contributed by atoms with E-state index in [1.54, 1.807) is 18.2 Å². The Hall–Kier alpha value is -1.18. The number of benzene rings is 2. The van der Waals surface area contributed by atoms with Crippen LogP contribution in [0.15, 0.2) is 47.4 Å². The Morgan fingerprint density at radius 1 is 0.960 bits per heavy atom. The summed E-state index contributed by atoms with van der Waals surface area (Å²) >= 11 is 12.0. The van der Waals surface area contributed by atoms with E-state index in [2.05, 4.69) is 4.90 Å². The highest BCUT2D eigenvalue weighted by Gasteiger charge is 2.30. The molecule has 3 rings (SSSR count). The van der Waals surface area contributed by atoms with Gasteiger partial charge in [-0.1, -0.05) is 35.3 Å². The van der Waals surface area contributed by atoms with Gasteiger partial charge in [0.2, 0.25) is 10.0 Å². The minimum atomic E-state index is -3.68. The van der Waals surface area contributed by atoms with Crippen LogP contribution in [-0.4, -0.2) is 43.8 Å². The second-order valence-electron chi connectivity index (χ2n) is 5.88. The number of halogens is 3. The summed E-state index contributed by atoms with van der Waals surface area (Å²) in [5, 5.41) is 0.496. The zero-order valence-corrected chi connectivity index (χ0v) is 15.7. The SMILES string of the molecule is O=S(=O)(c1cc(Cl)ccc1Cl)N1CCN(Cc2ccc(F)cc2)CC1. The van der Waals surface area contributed by atoms with Crippen molar-refractivity contribution in [3.63, 3.8) is 0 Å². The number of nitrogens with zero attached hydrogens (tertiary/aromatic N) is 2. The normalized spacial score (nSPS) is 16.9. The predicted octanol–water partition coefficient (Wildman–Crippen LogP) is 3.64. The van der Waals surface area contributed by atoms with E-state index in [9.17, 15) is 12.8 Å². The molecule has 0 aromatic heterocycles. The van der Waals surface area contributed by atoms with Crippen molar-refractivity contribution < 1.29 is 12.8 Å². The van der Waals surface area contributed by atoms with E-state index < -0.39 is 10.0 Å². The van der Waals surface area contributed by atoms with Gasteiger partial charge in [-0.05, 0) is 35.9 Å². The molecule has 2 aromatic rings. The lowest BCUT2D eigenvalue weighted by molar-refractivity contribution is 0.181. The van der Waals surface area contributed by atoms with E-state index >= 15 is 0 Å². The molecule has 0 unspecified atom stereocenters. The lowest BCUT2D eigenvalue weighted by Gasteiger charge is -2.34. The van der Waals surface area contributed by atoms with Crippen molar-refractivity contribution >= 4 is 33.2 Å². The van der Waals surface area contributed by atoms with E-state index in [0.29, 0.717) is 37.7 Å². The molecule has 0 spiro atoms. The minimum absolute atomic E-state index is 0.0358. The molecule has 1 saturated heterocycles. The number of hydrogen-bond donors (Lipinski definition) is 0. The fourth-order valence-electron chi connectivity index (χ4n) is 2.79. The molecule has 0 aliphatic carbocycles. The number of piperazine rings is 1. The van der Waals surface area contributed by atoms with Gasteiger partial charge in [0, 0.05) is 37.7 Å². The third kappa shape index (κ3) is 4.33. The second-order valence-corrected chi connectivity index (χ2v) is 8.63. The van der Waals surface area contributed by atoms with Gasteiger partial charge < -0.3 is 0 Å². The Bertz CT molecular complexity index is 851. The molecule has 2 aromatic carbocycles. The van der Waals surface area contributed by atoms with Gasteiger partial charge in [-0.3, -0.25) is 4.90 Å². The van der Waals surface area contributed by atoms with Gasteiger partial charge in [-0.25, -0.2) is 12.8 Å². The first-order valence-electron chi connectivity index (χ1n) is 7.78. The summed E-state index contributed by atoms with van der Waals surface area (Å²) in [6.45, 7) is 2.58. The van der Waals surface area contributed by atoms with Crippen molar-refractivity contribution in [2.75, 3.05) is 26.2 Å². The first-order valence-corrected chi connectivity index (χ1v) is 9.98. The highest BCUT2D eigenvalue weighted by Crippen LogP contribution is 2.28. The Labute approximate surface area is 156 Å². The molecule has 25 heavy (non-hydrogen) atoms. The summed E-state index contributed by atoms with van der Waals surface area (Å²) in [6, 6.07) is 10.8. The van der Waals surface area contributed by atoms with Crippen LogP contribution in [0.5, 0.6) is 0 Å². The summed E-state index contributed by atoms with van der Waals surface area (Å²) in [6.07, 6.45) is 0. The quantitative estimate of drug-likeness (QED) is 0.783. The molecular weight excluding hydrogens is 386 g/mol. The van der Waals surface area contributed by atoms with E-state index in [4.69, 9.17) is 23.2 Å². The molecule has 4 nitrogen and oxygen atoms in total. The molecule has 0 amide bonds. The maximum Gasteiger partial charge on any atom is 0.244 e. The summed E-state index contributed by atoms with van der Waals surface area (Å²) < 4.78 is 40.0. The second kappa shape index (κ2) is 7.60. The van der Waals surface area contributed by atoms with Crippen LogP contribution in [0.2, 0.25) is 10.0 Å². The van der Waals surface area contributed by atoms with Crippen molar-refractivity contribution in [3.05, 3.63) is 63.9 Å². The molecule has 1 heterocycles. The summed E-state index contributed by atoms with van der Waals surface area (Å²) in [5.74, 6) is -0.266. The highest BCUT2D eigenvalue weighted by atomic mass is 35.5. The molecule has 1 aliphatic rings. The predicted molar refractivity (Wildman–Crippen MR) is 96.9 cm³/mol. The van der Waals surface area contributed by atoms with Crippen molar-refractivity contribution in [3.8, 4) is 0 Å². The van der Waals surface area contributed by atoms with Crippen LogP contribution in [-0.2, 0) is 16.6 Å². The van der Waals surface area contributed by atoms with Crippen LogP contribution >= 0.6 is 23.2 Å². The van der Waals surface area contributed by atoms with Gasteiger partial charge >= 0.3 is 0 Å². The standard InChI is InChI=1S/C17H17Cl2FN2O2S/c18-14-3-6-16(19)17(11-14)25(23,24)22-9-7-21(8-10-22)12-13-1-4-15(20)5-2-13/h1-6,11H,7-10,12H2. The molecule has 0 bridgehead atoms. The maximum atomic E-state index is 13.0. The molecule has 1 fully saturated rings. The molecular formula is C17H17Cl2FN2O2S. The van der Waals surface area contributed by atoms with Crippen molar-refractivity contribution in [1.29, 1.82) is 0 Å². The van der Waals surface area contributed by atoms with E-state index in [0.717, 1.165) is 5.56 Å². The van der Waals surface area contributed by atoms with Gasteiger partial charge in [0.15, 0.2) is 0 Å². The van der Waals surface area contributed by atoms with Crippen LogP contribution < -0.4 is 0 Å². The third-order valence-electron chi connectivity index (χ3n) is 4.16. The average Bonchev–Trinajstić information content (AvgIpc) is 2.59. The van der Waals surface area contributed by atoms with Gasteiger partial charge in [0.25, 0.3) is 0 Å². The lowest BCUT2D eigenvalue weighted by atomic mass is 10.2. The largest absolute Gasteiger partial charge is 0.296 e. The zero-order chi connectivity index (χ0) is 18.0. The Morgan fingerprint density at radius 2 is 1.60 bits per heavy atom. The first kappa shape index (κ1) is 18.6. The van der Waals surface area contributed by atoms with Crippen molar-refractivity contribution in [1.82, 2.24) is 9.21 Å². The third-order valence-corrected chi connectivity index (χ3v) is 6.78. The van der Waals surface area contributed by atoms with Gasteiger partial charge in [0.1, 0.15) is 10.7 Å². The Kier molecular flexibility index (Phi) is 5.65. The number of hydrogen-bond acceptors (Lipinski definition) is 3. The molecule has 0 saturated carbocycles. The fourth-order valence-corrected chi connectivity index (χ4v) is 4.95. The Balaban J connectivity index is 1.67. The number of sulfonamides is 1. The molecule has 8 heteroatoms.